The fourth-order valence-electron chi connectivity index (χ4n) is 2.24. The van der Waals surface area contributed by atoms with Gasteiger partial charge < -0.3 is 10.0 Å². The van der Waals surface area contributed by atoms with Crippen molar-refractivity contribution < 1.29 is 14.8 Å². The molecule has 1 aliphatic heterocycles. The van der Waals surface area contributed by atoms with E-state index >= 15 is 0 Å². The SMILES string of the molecule is O=C(O)c1nn(CCN2CCCCC2)cc1[N+](=O)[O-]. The Bertz CT molecular complexity index is 448. The number of aromatic nitrogens is 2. The molecule has 0 bridgehead atoms. The summed E-state index contributed by atoms with van der Waals surface area (Å²) in [7, 11) is 0. The van der Waals surface area contributed by atoms with Gasteiger partial charge in [0.1, 0.15) is 6.20 Å². The lowest BCUT2D eigenvalue weighted by molar-refractivity contribution is -0.385. The van der Waals surface area contributed by atoms with Crippen LogP contribution in [0.15, 0.2) is 6.20 Å². The molecule has 0 aliphatic carbocycles. The molecule has 0 radical (unpaired) electrons. The lowest BCUT2D eigenvalue weighted by atomic mass is 10.1. The van der Waals surface area contributed by atoms with Crippen LogP contribution < -0.4 is 0 Å². The smallest absolute Gasteiger partial charge is 0.363 e. The van der Waals surface area contributed by atoms with Crippen molar-refractivity contribution in [2.45, 2.75) is 25.8 Å². The minimum Gasteiger partial charge on any atom is -0.476 e. The van der Waals surface area contributed by atoms with Crippen LogP contribution in [0.1, 0.15) is 29.8 Å². The average Bonchev–Trinajstić information content (AvgIpc) is 2.82. The Balaban J connectivity index is 2.02. The minimum absolute atomic E-state index is 0.453. The first-order valence-corrected chi connectivity index (χ1v) is 6.25. The first-order chi connectivity index (χ1) is 9.08. The van der Waals surface area contributed by atoms with Crippen molar-refractivity contribution in [1.82, 2.24) is 14.7 Å². The van der Waals surface area contributed by atoms with Gasteiger partial charge in [-0.25, -0.2) is 4.79 Å². The van der Waals surface area contributed by atoms with Crippen molar-refractivity contribution >= 4 is 11.7 Å². The third-order valence-corrected chi connectivity index (χ3v) is 3.24. The van der Waals surface area contributed by atoms with Crippen LogP contribution in [0.4, 0.5) is 5.69 Å². The van der Waals surface area contributed by atoms with Crippen molar-refractivity contribution in [1.29, 1.82) is 0 Å². The number of rotatable bonds is 5. The van der Waals surface area contributed by atoms with Crippen LogP contribution in [0, 0.1) is 10.1 Å². The molecule has 1 fully saturated rings. The number of nitro groups is 1. The van der Waals surface area contributed by atoms with Gasteiger partial charge in [-0.2, -0.15) is 5.10 Å². The van der Waals surface area contributed by atoms with Crippen molar-refractivity contribution in [3.63, 3.8) is 0 Å². The van der Waals surface area contributed by atoms with Gasteiger partial charge in [0.15, 0.2) is 0 Å². The molecule has 8 nitrogen and oxygen atoms in total. The second-order valence-corrected chi connectivity index (χ2v) is 4.59. The second-order valence-electron chi connectivity index (χ2n) is 4.59. The summed E-state index contributed by atoms with van der Waals surface area (Å²) in [5.74, 6) is -1.37. The number of likely N-dealkylation sites (tertiary alicyclic amines) is 1. The average molecular weight is 268 g/mol. The summed E-state index contributed by atoms with van der Waals surface area (Å²) in [6.07, 6.45) is 4.76. The molecular formula is C11H16N4O4. The summed E-state index contributed by atoms with van der Waals surface area (Å²) in [4.78, 5) is 23.1. The number of carbonyl (C=O) groups is 1. The maximum absolute atomic E-state index is 10.9. The molecule has 1 N–H and O–H groups in total. The number of carboxylic acids is 1. The number of piperidine rings is 1. The third-order valence-electron chi connectivity index (χ3n) is 3.24. The van der Waals surface area contributed by atoms with E-state index in [1.807, 2.05) is 0 Å². The summed E-state index contributed by atoms with van der Waals surface area (Å²) < 4.78 is 1.34. The Hall–Kier alpha value is -1.96. The van der Waals surface area contributed by atoms with E-state index in [0.29, 0.717) is 6.54 Å². The molecule has 1 saturated heterocycles. The lowest BCUT2D eigenvalue weighted by Crippen LogP contribution is -2.32. The molecule has 1 aliphatic rings. The van der Waals surface area contributed by atoms with E-state index in [-0.39, 0.29) is 0 Å². The highest BCUT2D eigenvalue weighted by atomic mass is 16.6. The summed E-state index contributed by atoms with van der Waals surface area (Å²) in [6, 6.07) is 0. The molecule has 2 heterocycles. The molecule has 2 rings (SSSR count). The topological polar surface area (TPSA) is 102 Å². The molecule has 19 heavy (non-hydrogen) atoms. The highest BCUT2D eigenvalue weighted by Gasteiger charge is 2.25. The van der Waals surface area contributed by atoms with Crippen LogP contribution in [-0.4, -0.2) is 50.3 Å². The second kappa shape index (κ2) is 5.79. The highest BCUT2D eigenvalue weighted by Crippen LogP contribution is 2.16. The Morgan fingerprint density at radius 3 is 2.58 bits per heavy atom. The monoisotopic (exact) mass is 268 g/mol. The van der Waals surface area contributed by atoms with E-state index < -0.39 is 22.3 Å². The molecular weight excluding hydrogens is 252 g/mol. The van der Waals surface area contributed by atoms with E-state index in [1.165, 1.54) is 30.1 Å². The van der Waals surface area contributed by atoms with Crippen LogP contribution >= 0.6 is 0 Å². The number of hydrogen-bond acceptors (Lipinski definition) is 5. The molecule has 8 heteroatoms. The Morgan fingerprint density at radius 1 is 1.37 bits per heavy atom. The molecule has 0 aromatic carbocycles. The number of nitrogens with zero attached hydrogens (tertiary/aromatic N) is 4. The molecule has 0 unspecified atom stereocenters. The van der Waals surface area contributed by atoms with Crippen molar-refractivity contribution in [3.8, 4) is 0 Å². The fraction of sp³-hybridized carbons (Fsp3) is 0.636. The predicted octanol–water partition coefficient (Wildman–Crippen LogP) is 0.975. The quantitative estimate of drug-likeness (QED) is 0.630. The first kappa shape index (κ1) is 13.5. The van der Waals surface area contributed by atoms with Gasteiger partial charge in [-0.15, -0.1) is 0 Å². The first-order valence-electron chi connectivity index (χ1n) is 6.25. The summed E-state index contributed by atoms with van der Waals surface area (Å²) in [6.45, 7) is 3.25. The van der Waals surface area contributed by atoms with Crippen LogP contribution in [0.2, 0.25) is 0 Å². The Morgan fingerprint density at radius 2 is 2.05 bits per heavy atom. The molecule has 1 aromatic rings. The highest BCUT2D eigenvalue weighted by molar-refractivity contribution is 5.89. The zero-order chi connectivity index (χ0) is 13.8. The molecule has 0 spiro atoms. The van der Waals surface area contributed by atoms with E-state index in [1.54, 1.807) is 0 Å². The predicted molar refractivity (Wildman–Crippen MR) is 66.1 cm³/mol. The van der Waals surface area contributed by atoms with Gasteiger partial charge in [-0.05, 0) is 25.9 Å². The lowest BCUT2D eigenvalue weighted by Gasteiger charge is -2.26. The van der Waals surface area contributed by atoms with E-state index in [0.717, 1.165) is 19.6 Å². The van der Waals surface area contributed by atoms with Gasteiger partial charge >= 0.3 is 11.7 Å². The van der Waals surface area contributed by atoms with Crippen LogP contribution in [-0.2, 0) is 6.54 Å². The van der Waals surface area contributed by atoms with Crippen LogP contribution in [0.5, 0.6) is 0 Å². The van der Waals surface area contributed by atoms with E-state index in [4.69, 9.17) is 5.11 Å². The van der Waals surface area contributed by atoms with Crippen molar-refractivity contribution in [2.75, 3.05) is 19.6 Å². The summed E-state index contributed by atoms with van der Waals surface area (Å²) in [5, 5.41) is 23.3. The Kier molecular flexibility index (Phi) is 4.10. The molecule has 104 valence electrons. The third kappa shape index (κ3) is 3.28. The maximum Gasteiger partial charge on any atom is 0.363 e. The standard InChI is InChI=1S/C11H16N4O4/c16-11(17)10-9(15(18)19)8-14(12-10)7-6-13-4-2-1-3-5-13/h8H,1-7H2,(H,16,17). The van der Waals surface area contributed by atoms with Crippen LogP contribution in [0.3, 0.4) is 0 Å². The largest absolute Gasteiger partial charge is 0.476 e. The van der Waals surface area contributed by atoms with E-state index in [9.17, 15) is 14.9 Å². The van der Waals surface area contributed by atoms with Gasteiger partial charge in [-0.3, -0.25) is 14.8 Å². The van der Waals surface area contributed by atoms with E-state index in [2.05, 4.69) is 10.00 Å². The van der Waals surface area contributed by atoms with Gasteiger partial charge in [-0.1, -0.05) is 6.42 Å². The molecule has 0 amide bonds. The molecule has 0 saturated carbocycles. The zero-order valence-corrected chi connectivity index (χ0v) is 10.5. The fourth-order valence-corrected chi connectivity index (χ4v) is 2.24. The maximum atomic E-state index is 10.9. The number of hydrogen-bond donors (Lipinski definition) is 1. The Labute approximate surface area is 109 Å². The van der Waals surface area contributed by atoms with Gasteiger partial charge in [0, 0.05) is 6.54 Å². The molecule has 1 aromatic heterocycles. The minimum atomic E-state index is -1.37. The summed E-state index contributed by atoms with van der Waals surface area (Å²) >= 11 is 0. The number of aromatic carboxylic acids is 1. The van der Waals surface area contributed by atoms with Gasteiger partial charge in [0.2, 0.25) is 5.69 Å². The summed E-state index contributed by atoms with van der Waals surface area (Å²) in [5.41, 5.74) is -0.949. The van der Waals surface area contributed by atoms with Gasteiger partial charge in [0.05, 0.1) is 11.5 Å². The molecule has 0 atom stereocenters. The normalized spacial score (nSPS) is 16.4. The number of carboxylic acid groups (broad SMARTS) is 1. The van der Waals surface area contributed by atoms with Crippen molar-refractivity contribution in [2.24, 2.45) is 0 Å². The van der Waals surface area contributed by atoms with Gasteiger partial charge in [0.25, 0.3) is 0 Å². The van der Waals surface area contributed by atoms with Crippen LogP contribution in [0.25, 0.3) is 0 Å². The van der Waals surface area contributed by atoms with Crippen molar-refractivity contribution in [3.05, 3.63) is 22.0 Å². The zero-order valence-electron chi connectivity index (χ0n) is 10.5.